The summed E-state index contributed by atoms with van der Waals surface area (Å²) in [7, 11) is 0. The minimum Gasteiger partial charge on any atom is -0.487 e. The molecule has 0 unspecified atom stereocenters. The summed E-state index contributed by atoms with van der Waals surface area (Å²) in [5, 5.41) is 0.660. The van der Waals surface area contributed by atoms with Crippen LogP contribution in [0.1, 0.15) is 16.7 Å². The molecule has 0 aromatic heterocycles. The van der Waals surface area contributed by atoms with Gasteiger partial charge in [0.05, 0.1) is 8.95 Å². The highest BCUT2D eigenvalue weighted by Gasteiger charge is 2.24. The summed E-state index contributed by atoms with van der Waals surface area (Å²) in [5.74, 6) is 0.435. The second kappa shape index (κ2) is 9.69. The van der Waals surface area contributed by atoms with Crippen molar-refractivity contribution >= 4 is 77.3 Å². The van der Waals surface area contributed by atoms with E-state index in [9.17, 15) is 4.79 Å². The zero-order valence-corrected chi connectivity index (χ0v) is 21.3. The van der Waals surface area contributed by atoms with Crippen molar-refractivity contribution in [2.24, 2.45) is 4.99 Å². The second-order valence-corrected chi connectivity index (χ2v) is 9.64. The van der Waals surface area contributed by atoms with Crippen LogP contribution in [-0.2, 0) is 16.1 Å². The minimum atomic E-state index is -0.494. The molecule has 1 aliphatic heterocycles. The van der Waals surface area contributed by atoms with Gasteiger partial charge in [-0.1, -0.05) is 39.7 Å². The fourth-order valence-corrected chi connectivity index (χ4v) is 4.79. The van der Waals surface area contributed by atoms with Crippen LogP contribution in [-0.4, -0.2) is 11.9 Å². The van der Waals surface area contributed by atoms with Crippen molar-refractivity contribution in [2.75, 3.05) is 0 Å². The van der Waals surface area contributed by atoms with Crippen molar-refractivity contribution in [2.45, 2.75) is 6.61 Å². The summed E-state index contributed by atoms with van der Waals surface area (Å²) < 4.78 is 13.7. The van der Waals surface area contributed by atoms with Crippen molar-refractivity contribution in [3.05, 3.63) is 101 Å². The quantitative estimate of drug-likeness (QED) is 0.217. The third-order valence-corrected chi connectivity index (χ3v) is 6.25. The van der Waals surface area contributed by atoms with Gasteiger partial charge < -0.3 is 9.47 Å². The normalized spacial score (nSPS) is 14.5. The molecule has 8 heteroatoms. The van der Waals surface area contributed by atoms with Gasteiger partial charge in [-0.25, -0.2) is 9.79 Å². The van der Waals surface area contributed by atoms with E-state index in [1.807, 2.05) is 60.7 Å². The van der Waals surface area contributed by atoms with Gasteiger partial charge >= 0.3 is 5.97 Å². The lowest BCUT2D eigenvalue weighted by molar-refractivity contribution is -0.129. The number of rotatable bonds is 5. The maximum atomic E-state index is 12.3. The molecule has 0 spiro atoms. The standard InChI is InChI=1S/C23H13Br3ClNO3/c24-16-6-4-15(5-7-16)22-28-20(23(29)31-22)11-14-9-18(25)21(19(26)10-14)30-12-13-2-1-3-17(27)8-13/h1-11H,12H2/b20-11-. The number of ether oxygens (including phenoxy) is 2. The van der Waals surface area contributed by atoms with Gasteiger partial charge in [-0.3, -0.25) is 0 Å². The fourth-order valence-electron chi connectivity index (χ4n) is 2.87. The highest BCUT2D eigenvalue weighted by molar-refractivity contribution is 9.11. The topological polar surface area (TPSA) is 47.9 Å². The molecule has 0 N–H and O–H groups in total. The first-order valence-electron chi connectivity index (χ1n) is 9.04. The molecule has 0 saturated carbocycles. The Morgan fingerprint density at radius 2 is 1.71 bits per heavy atom. The van der Waals surface area contributed by atoms with Gasteiger partial charge in [0.15, 0.2) is 5.70 Å². The van der Waals surface area contributed by atoms with Gasteiger partial charge in [-0.05, 0) is 97.6 Å². The Kier molecular flexibility index (Phi) is 6.96. The van der Waals surface area contributed by atoms with Crippen LogP contribution in [0.5, 0.6) is 5.75 Å². The highest BCUT2D eigenvalue weighted by Crippen LogP contribution is 2.36. The number of halogens is 4. The van der Waals surface area contributed by atoms with Crippen LogP contribution in [0.25, 0.3) is 6.08 Å². The molecule has 4 rings (SSSR count). The Labute approximate surface area is 209 Å². The van der Waals surface area contributed by atoms with Gasteiger partial charge in [-0.2, -0.15) is 0 Å². The minimum absolute atomic E-state index is 0.226. The molecule has 4 nitrogen and oxygen atoms in total. The number of carbonyl (C=O) groups excluding carboxylic acids is 1. The van der Waals surface area contributed by atoms with Crippen LogP contribution in [0.15, 0.2) is 84.8 Å². The number of carbonyl (C=O) groups is 1. The Hall–Kier alpha value is -1.93. The molecule has 1 heterocycles. The summed E-state index contributed by atoms with van der Waals surface area (Å²) >= 11 is 16.5. The van der Waals surface area contributed by atoms with Crippen molar-refractivity contribution in [3.63, 3.8) is 0 Å². The SMILES string of the molecule is O=C1OC(c2ccc(Br)cc2)=N/C1=C\c1cc(Br)c(OCc2cccc(Cl)c2)c(Br)c1. The summed E-state index contributed by atoms with van der Waals surface area (Å²) in [5.41, 5.74) is 2.68. The van der Waals surface area contributed by atoms with Crippen LogP contribution in [0.2, 0.25) is 5.02 Å². The van der Waals surface area contributed by atoms with E-state index < -0.39 is 5.97 Å². The van der Waals surface area contributed by atoms with E-state index in [1.165, 1.54) is 0 Å². The van der Waals surface area contributed by atoms with Gasteiger partial charge in [0.1, 0.15) is 12.4 Å². The molecule has 0 bridgehead atoms. The van der Waals surface area contributed by atoms with Crippen LogP contribution >= 0.6 is 59.4 Å². The molecule has 0 radical (unpaired) electrons. The number of aliphatic imine (C=N–C) groups is 1. The summed E-state index contributed by atoms with van der Waals surface area (Å²) in [4.78, 5) is 16.6. The van der Waals surface area contributed by atoms with Crippen molar-refractivity contribution in [1.82, 2.24) is 0 Å². The third kappa shape index (κ3) is 5.47. The first-order chi connectivity index (χ1) is 14.9. The number of cyclic esters (lactones) is 1. The zero-order valence-electron chi connectivity index (χ0n) is 15.7. The Balaban J connectivity index is 1.55. The average Bonchev–Trinajstić information content (AvgIpc) is 3.08. The van der Waals surface area contributed by atoms with Crippen molar-refractivity contribution in [3.8, 4) is 5.75 Å². The first-order valence-corrected chi connectivity index (χ1v) is 11.8. The van der Waals surface area contributed by atoms with Crippen molar-refractivity contribution < 1.29 is 14.3 Å². The predicted molar refractivity (Wildman–Crippen MR) is 132 cm³/mol. The molecule has 1 aliphatic rings. The molecule has 156 valence electrons. The average molecular weight is 627 g/mol. The Bertz CT molecular complexity index is 1200. The van der Waals surface area contributed by atoms with E-state index in [0.29, 0.717) is 17.4 Å². The molecule has 0 fully saturated rings. The molecule has 0 aliphatic carbocycles. The molecular formula is C23H13Br3ClNO3. The lowest BCUT2D eigenvalue weighted by Crippen LogP contribution is -2.05. The molecule has 3 aromatic carbocycles. The third-order valence-electron chi connectivity index (χ3n) is 4.31. The van der Waals surface area contributed by atoms with Crippen LogP contribution in [0, 0.1) is 0 Å². The molecule has 0 atom stereocenters. The Morgan fingerprint density at radius 3 is 2.39 bits per heavy atom. The second-order valence-electron chi connectivity index (χ2n) is 6.58. The number of benzene rings is 3. The molecule has 0 saturated heterocycles. The fraction of sp³-hybridized carbons (Fsp3) is 0.0435. The van der Waals surface area contributed by atoms with E-state index in [0.717, 1.165) is 30.1 Å². The molecule has 0 amide bonds. The van der Waals surface area contributed by atoms with E-state index in [-0.39, 0.29) is 11.6 Å². The lowest BCUT2D eigenvalue weighted by Gasteiger charge is -2.11. The molecule has 3 aromatic rings. The number of esters is 1. The zero-order chi connectivity index (χ0) is 22.0. The number of hydrogen-bond donors (Lipinski definition) is 0. The van der Waals surface area contributed by atoms with Crippen LogP contribution in [0.4, 0.5) is 0 Å². The van der Waals surface area contributed by atoms with E-state index in [2.05, 4.69) is 52.8 Å². The molecular weight excluding hydrogens is 613 g/mol. The summed E-state index contributed by atoms with van der Waals surface area (Å²) in [6, 6.07) is 18.6. The van der Waals surface area contributed by atoms with E-state index in [4.69, 9.17) is 21.1 Å². The summed E-state index contributed by atoms with van der Waals surface area (Å²) in [6.45, 7) is 0.366. The van der Waals surface area contributed by atoms with Gasteiger partial charge in [0, 0.05) is 15.1 Å². The highest BCUT2D eigenvalue weighted by atomic mass is 79.9. The van der Waals surface area contributed by atoms with Gasteiger partial charge in [-0.15, -0.1) is 0 Å². The number of hydrogen-bond acceptors (Lipinski definition) is 4. The predicted octanol–water partition coefficient (Wildman–Crippen LogP) is 7.55. The van der Waals surface area contributed by atoms with E-state index in [1.54, 1.807) is 6.08 Å². The lowest BCUT2D eigenvalue weighted by atomic mass is 10.2. The molecule has 31 heavy (non-hydrogen) atoms. The smallest absolute Gasteiger partial charge is 0.363 e. The number of nitrogens with zero attached hydrogens (tertiary/aromatic N) is 1. The first kappa shape index (κ1) is 22.3. The maximum absolute atomic E-state index is 12.3. The van der Waals surface area contributed by atoms with Gasteiger partial charge in [0.25, 0.3) is 0 Å². The summed E-state index contributed by atoms with van der Waals surface area (Å²) in [6.07, 6.45) is 1.67. The van der Waals surface area contributed by atoms with Gasteiger partial charge in [0.2, 0.25) is 5.90 Å². The van der Waals surface area contributed by atoms with Crippen LogP contribution in [0.3, 0.4) is 0 Å². The van der Waals surface area contributed by atoms with Crippen molar-refractivity contribution in [1.29, 1.82) is 0 Å². The Morgan fingerprint density at radius 1 is 1.00 bits per heavy atom. The van der Waals surface area contributed by atoms with Crippen LogP contribution < -0.4 is 4.74 Å². The monoisotopic (exact) mass is 623 g/mol. The maximum Gasteiger partial charge on any atom is 0.363 e. The van der Waals surface area contributed by atoms with E-state index >= 15 is 0 Å². The largest absolute Gasteiger partial charge is 0.487 e.